The molecule has 1 aliphatic rings. The van der Waals surface area contributed by atoms with Gasteiger partial charge in [0, 0.05) is 30.8 Å². The Morgan fingerprint density at radius 2 is 1.52 bits per heavy atom. The van der Waals surface area contributed by atoms with Crippen molar-refractivity contribution in [2.24, 2.45) is 0 Å². The summed E-state index contributed by atoms with van der Waals surface area (Å²) in [5.74, 6) is 0. The third-order valence-electron chi connectivity index (χ3n) is 4.29. The molecule has 0 aliphatic heterocycles. The van der Waals surface area contributed by atoms with Gasteiger partial charge in [0.15, 0.2) is 0 Å². The number of halogens is 2. The van der Waals surface area contributed by atoms with Crippen LogP contribution >= 0.6 is 31.9 Å². The smallest absolute Gasteiger partial charge is 0.0522 e. The SMILES string of the molecule is Brc1ccc2c(c1)c1cc(Br)ccc1n2C1C=CCCC1. The first-order valence-corrected chi connectivity index (χ1v) is 8.88. The van der Waals surface area contributed by atoms with Gasteiger partial charge in [-0.05, 0) is 55.7 Å². The summed E-state index contributed by atoms with van der Waals surface area (Å²) in [6.45, 7) is 0. The monoisotopic (exact) mass is 403 g/mol. The fourth-order valence-electron chi connectivity index (χ4n) is 3.36. The minimum Gasteiger partial charge on any atom is -0.333 e. The maximum absolute atomic E-state index is 3.61. The molecule has 0 radical (unpaired) electrons. The second-order valence-corrected chi connectivity index (χ2v) is 7.45. The highest BCUT2D eigenvalue weighted by Crippen LogP contribution is 2.37. The first-order valence-electron chi connectivity index (χ1n) is 7.29. The number of rotatable bonds is 1. The van der Waals surface area contributed by atoms with E-state index in [4.69, 9.17) is 0 Å². The lowest BCUT2D eigenvalue weighted by molar-refractivity contribution is 0.542. The van der Waals surface area contributed by atoms with Crippen molar-refractivity contribution in [3.63, 3.8) is 0 Å². The maximum Gasteiger partial charge on any atom is 0.0522 e. The first kappa shape index (κ1) is 13.6. The molecule has 1 nitrogen and oxygen atoms in total. The van der Waals surface area contributed by atoms with Crippen LogP contribution in [0.4, 0.5) is 0 Å². The predicted molar refractivity (Wildman–Crippen MR) is 96.9 cm³/mol. The lowest BCUT2D eigenvalue weighted by Gasteiger charge is -2.20. The quantitative estimate of drug-likeness (QED) is 0.402. The molecule has 3 heteroatoms. The normalized spacial score (nSPS) is 18.7. The molecule has 1 aromatic heterocycles. The molecule has 0 amide bonds. The fourth-order valence-corrected chi connectivity index (χ4v) is 4.09. The molecule has 0 N–H and O–H groups in total. The van der Waals surface area contributed by atoms with Crippen LogP contribution in [0.1, 0.15) is 25.3 Å². The molecule has 0 saturated carbocycles. The van der Waals surface area contributed by atoms with Crippen molar-refractivity contribution >= 4 is 53.7 Å². The van der Waals surface area contributed by atoms with Gasteiger partial charge in [-0.3, -0.25) is 0 Å². The Hall–Kier alpha value is -1.06. The van der Waals surface area contributed by atoms with Crippen molar-refractivity contribution in [2.45, 2.75) is 25.3 Å². The van der Waals surface area contributed by atoms with Gasteiger partial charge in [0.2, 0.25) is 0 Å². The van der Waals surface area contributed by atoms with Gasteiger partial charge < -0.3 is 4.57 Å². The van der Waals surface area contributed by atoms with Crippen LogP contribution in [0.2, 0.25) is 0 Å². The van der Waals surface area contributed by atoms with E-state index in [1.54, 1.807) is 0 Å². The van der Waals surface area contributed by atoms with Gasteiger partial charge in [-0.15, -0.1) is 0 Å². The number of benzene rings is 2. The summed E-state index contributed by atoms with van der Waals surface area (Å²) in [5, 5.41) is 2.64. The zero-order valence-electron chi connectivity index (χ0n) is 11.5. The maximum atomic E-state index is 3.61. The molecule has 3 aromatic rings. The van der Waals surface area contributed by atoms with E-state index in [0.717, 1.165) is 8.95 Å². The topological polar surface area (TPSA) is 4.93 Å². The molecule has 0 saturated heterocycles. The van der Waals surface area contributed by atoms with Crippen LogP contribution in [0, 0.1) is 0 Å². The van der Waals surface area contributed by atoms with Gasteiger partial charge in [-0.2, -0.15) is 0 Å². The molecule has 0 bridgehead atoms. The highest BCUT2D eigenvalue weighted by Gasteiger charge is 2.18. The van der Waals surface area contributed by atoms with Crippen molar-refractivity contribution in [2.75, 3.05) is 0 Å². The molecule has 0 spiro atoms. The molecule has 1 unspecified atom stereocenters. The average molecular weight is 405 g/mol. The minimum atomic E-state index is 0.473. The Morgan fingerprint density at radius 1 is 0.905 bits per heavy atom. The van der Waals surface area contributed by atoms with E-state index in [-0.39, 0.29) is 0 Å². The minimum absolute atomic E-state index is 0.473. The van der Waals surface area contributed by atoms with Crippen LogP contribution < -0.4 is 0 Å². The number of hydrogen-bond donors (Lipinski definition) is 0. The third kappa shape index (κ3) is 2.27. The third-order valence-corrected chi connectivity index (χ3v) is 5.27. The standard InChI is InChI=1S/C18H15Br2N/c19-12-6-8-17-15(10-12)16-11-13(20)7-9-18(16)21(17)14-4-2-1-3-5-14/h2,4,6-11,14H,1,3,5H2. The summed E-state index contributed by atoms with van der Waals surface area (Å²) in [5.41, 5.74) is 2.64. The van der Waals surface area contributed by atoms with E-state index in [1.807, 2.05) is 0 Å². The Balaban J connectivity index is 2.11. The Labute approximate surface area is 140 Å². The summed E-state index contributed by atoms with van der Waals surface area (Å²) >= 11 is 7.21. The Kier molecular flexibility index (Phi) is 3.43. The number of fused-ring (bicyclic) bond motifs is 3. The molecular weight excluding hydrogens is 390 g/mol. The highest BCUT2D eigenvalue weighted by molar-refractivity contribution is 9.10. The summed E-state index contributed by atoms with van der Waals surface area (Å²) in [4.78, 5) is 0. The van der Waals surface area contributed by atoms with E-state index in [2.05, 4.69) is 85.0 Å². The van der Waals surface area contributed by atoms with Gasteiger partial charge >= 0.3 is 0 Å². The second kappa shape index (κ2) is 5.29. The first-order chi connectivity index (χ1) is 10.2. The fraction of sp³-hybridized carbons (Fsp3) is 0.222. The van der Waals surface area contributed by atoms with Crippen LogP contribution in [0.15, 0.2) is 57.5 Å². The van der Waals surface area contributed by atoms with E-state index in [9.17, 15) is 0 Å². The number of hydrogen-bond acceptors (Lipinski definition) is 0. The molecule has 1 heterocycles. The van der Waals surface area contributed by atoms with Gasteiger partial charge in [0.05, 0.1) is 6.04 Å². The van der Waals surface area contributed by atoms with Crippen LogP contribution in [0.25, 0.3) is 21.8 Å². The molecule has 2 aromatic carbocycles. The predicted octanol–water partition coefficient (Wildman–Crippen LogP) is 6.60. The van der Waals surface area contributed by atoms with Crippen molar-refractivity contribution < 1.29 is 0 Å². The second-order valence-electron chi connectivity index (χ2n) is 5.62. The van der Waals surface area contributed by atoms with E-state index < -0.39 is 0 Å². The zero-order valence-corrected chi connectivity index (χ0v) is 14.7. The van der Waals surface area contributed by atoms with Gasteiger partial charge in [-0.25, -0.2) is 0 Å². The lowest BCUT2D eigenvalue weighted by atomic mass is 10.0. The Morgan fingerprint density at radius 3 is 2.05 bits per heavy atom. The van der Waals surface area contributed by atoms with Crippen LogP contribution in [-0.2, 0) is 0 Å². The molecule has 4 rings (SSSR count). The van der Waals surface area contributed by atoms with Crippen molar-refractivity contribution in [1.29, 1.82) is 0 Å². The van der Waals surface area contributed by atoms with E-state index in [1.165, 1.54) is 41.1 Å². The summed E-state index contributed by atoms with van der Waals surface area (Å²) in [6, 6.07) is 13.7. The van der Waals surface area contributed by atoms with Crippen LogP contribution in [0.3, 0.4) is 0 Å². The number of aromatic nitrogens is 1. The number of allylic oxidation sites excluding steroid dienone is 2. The average Bonchev–Trinajstić information content (AvgIpc) is 2.81. The summed E-state index contributed by atoms with van der Waals surface area (Å²) in [6.07, 6.45) is 8.40. The molecular formula is C18H15Br2N. The van der Waals surface area contributed by atoms with Crippen molar-refractivity contribution in [3.8, 4) is 0 Å². The van der Waals surface area contributed by atoms with Crippen molar-refractivity contribution in [1.82, 2.24) is 4.57 Å². The molecule has 1 aliphatic carbocycles. The number of nitrogens with zero attached hydrogens (tertiary/aromatic N) is 1. The molecule has 21 heavy (non-hydrogen) atoms. The van der Waals surface area contributed by atoms with Crippen LogP contribution in [-0.4, -0.2) is 4.57 Å². The van der Waals surface area contributed by atoms with Crippen molar-refractivity contribution in [3.05, 3.63) is 57.5 Å². The van der Waals surface area contributed by atoms with E-state index in [0.29, 0.717) is 6.04 Å². The van der Waals surface area contributed by atoms with E-state index >= 15 is 0 Å². The summed E-state index contributed by atoms with van der Waals surface area (Å²) < 4.78 is 4.76. The largest absolute Gasteiger partial charge is 0.333 e. The lowest BCUT2D eigenvalue weighted by Crippen LogP contribution is -2.08. The highest BCUT2D eigenvalue weighted by atomic mass is 79.9. The molecule has 0 fully saturated rings. The van der Waals surface area contributed by atoms with Gasteiger partial charge in [0.25, 0.3) is 0 Å². The Bertz CT molecular complexity index is 801. The zero-order chi connectivity index (χ0) is 14.4. The van der Waals surface area contributed by atoms with Crippen LogP contribution in [0.5, 0.6) is 0 Å². The van der Waals surface area contributed by atoms with Gasteiger partial charge in [-0.1, -0.05) is 44.0 Å². The molecule has 1 atom stereocenters. The summed E-state index contributed by atoms with van der Waals surface area (Å²) in [7, 11) is 0. The van der Waals surface area contributed by atoms with Gasteiger partial charge in [0.1, 0.15) is 0 Å². The molecule has 106 valence electrons.